The second-order valence-electron chi connectivity index (χ2n) is 7.51. The fourth-order valence-electron chi connectivity index (χ4n) is 3.70. The SMILES string of the molecule is NCCc1ccc(CN2C(=O)c3cccc(NC(=O)C4=CC(Cl)=CCC4=S)c3C2=O)cc1. The van der Waals surface area contributed by atoms with Gasteiger partial charge in [-0.15, -0.1) is 0 Å². The van der Waals surface area contributed by atoms with Gasteiger partial charge in [-0.2, -0.15) is 0 Å². The standard InChI is InChI=1S/C24H20ClN3O3S/c25-16-8-9-20(32)18(12-16)22(29)27-19-3-1-2-17-21(19)24(31)28(23(17)30)13-15-6-4-14(5-7-15)10-11-26/h1-8,12H,9-11,13,26H2,(H,27,29). The van der Waals surface area contributed by atoms with E-state index < -0.39 is 17.7 Å². The molecule has 0 spiro atoms. The van der Waals surface area contributed by atoms with Crippen molar-refractivity contribution in [2.75, 3.05) is 11.9 Å². The highest BCUT2D eigenvalue weighted by Crippen LogP contribution is 2.31. The lowest BCUT2D eigenvalue weighted by Gasteiger charge is -2.15. The quantitative estimate of drug-likeness (QED) is 0.500. The third-order valence-corrected chi connectivity index (χ3v) is 6.00. The van der Waals surface area contributed by atoms with Crippen molar-refractivity contribution >= 4 is 52.1 Å². The topological polar surface area (TPSA) is 92.5 Å². The summed E-state index contributed by atoms with van der Waals surface area (Å²) in [7, 11) is 0. The predicted octanol–water partition coefficient (Wildman–Crippen LogP) is 3.75. The molecule has 1 heterocycles. The lowest BCUT2D eigenvalue weighted by Crippen LogP contribution is -2.29. The molecule has 3 N–H and O–H groups in total. The van der Waals surface area contributed by atoms with Crippen LogP contribution >= 0.6 is 23.8 Å². The van der Waals surface area contributed by atoms with Gasteiger partial charge in [0.25, 0.3) is 17.7 Å². The minimum atomic E-state index is -0.469. The van der Waals surface area contributed by atoms with Gasteiger partial charge < -0.3 is 11.1 Å². The van der Waals surface area contributed by atoms with Crippen molar-refractivity contribution < 1.29 is 14.4 Å². The van der Waals surface area contributed by atoms with Crippen LogP contribution in [0, 0.1) is 0 Å². The maximum atomic E-state index is 13.1. The molecule has 0 saturated heterocycles. The maximum absolute atomic E-state index is 13.1. The second-order valence-corrected chi connectivity index (χ2v) is 8.44. The molecule has 0 atom stereocenters. The summed E-state index contributed by atoms with van der Waals surface area (Å²) in [5.74, 6) is -1.32. The van der Waals surface area contributed by atoms with Crippen LogP contribution < -0.4 is 11.1 Å². The molecule has 3 amide bonds. The zero-order valence-corrected chi connectivity index (χ0v) is 18.6. The molecule has 162 valence electrons. The van der Waals surface area contributed by atoms with Gasteiger partial charge in [0, 0.05) is 16.3 Å². The summed E-state index contributed by atoms with van der Waals surface area (Å²) in [5, 5.41) is 3.16. The Morgan fingerprint density at radius 3 is 2.53 bits per heavy atom. The Bertz CT molecular complexity index is 1200. The van der Waals surface area contributed by atoms with E-state index in [0.29, 0.717) is 22.9 Å². The Hall–Kier alpha value is -3.13. The number of rotatable bonds is 6. The number of nitrogens with one attached hydrogen (secondary N) is 1. The summed E-state index contributed by atoms with van der Waals surface area (Å²) in [6, 6.07) is 12.4. The minimum Gasteiger partial charge on any atom is -0.330 e. The van der Waals surface area contributed by atoms with E-state index >= 15 is 0 Å². The molecule has 0 bridgehead atoms. The number of carbonyl (C=O) groups is 3. The van der Waals surface area contributed by atoms with Crippen LogP contribution in [0.15, 0.2) is 65.2 Å². The van der Waals surface area contributed by atoms with Crippen molar-refractivity contribution in [3.05, 3.63) is 87.5 Å². The molecule has 0 unspecified atom stereocenters. The van der Waals surface area contributed by atoms with Gasteiger partial charge in [0.2, 0.25) is 0 Å². The van der Waals surface area contributed by atoms with Crippen molar-refractivity contribution in [1.29, 1.82) is 0 Å². The fourth-order valence-corrected chi connectivity index (χ4v) is 4.12. The molecule has 2 aromatic rings. The number of benzene rings is 2. The van der Waals surface area contributed by atoms with Crippen LogP contribution in [0.3, 0.4) is 0 Å². The number of amides is 3. The normalized spacial score (nSPS) is 15.4. The first-order chi connectivity index (χ1) is 15.4. The Morgan fingerprint density at radius 2 is 1.81 bits per heavy atom. The molecule has 0 fully saturated rings. The monoisotopic (exact) mass is 465 g/mol. The summed E-state index contributed by atoms with van der Waals surface area (Å²) in [6.07, 6.45) is 4.38. The summed E-state index contributed by atoms with van der Waals surface area (Å²) in [6.45, 7) is 0.689. The predicted molar refractivity (Wildman–Crippen MR) is 128 cm³/mol. The van der Waals surface area contributed by atoms with Gasteiger partial charge in [-0.1, -0.05) is 60.2 Å². The van der Waals surface area contributed by atoms with E-state index in [0.717, 1.165) is 17.5 Å². The number of nitrogens with two attached hydrogens (primary N) is 1. The molecule has 8 heteroatoms. The average molecular weight is 466 g/mol. The molecule has 2 aliphatic rings. The first-order valence-corrected chi connectivity index (χ1v) is 10.9. The number of hydrogen-bond acceptors (Lipinski definition) is 5. The van der Waals surface area contributed by atoms with Crippen LogP contribution in [0.25, 0.3) is 0 Å². The molecule has 1 aliphatic heterocycles. The zero-order valence-electron chi connectivity index (χ0n) is 17.1. The number of thiocarbonyl (C=S) groups is 1. The molecular weight excluding hydrogens is 446 g/mol. The molecule has 1 aliphatic carbocycles. The molecule has 4 rings (SSSR count). The average Bonchev–Trinajstić information content (AvgIpc) is 3.02. The highest BCUT2D eigenvalue weighted by molar-refractivity contribution is 7.81. The Labute approximate surface area is 195 Å². The summed E-state index contributed by atoms with van der Waals surface area (Å²) in [5.41, 5.74) is 8.46. The number of hydrogen-bond donors (Lipinski definition) is 2. The summed E-state index contributed by atoms with van der Waals surface area (Å²) in [4.78, 5) is 40.5. The number of halogens is 1. The fraction of sp³-hybridized carbons (Fsp3) is 0.167. The largest absolute Gasteiger partial charge is 0.330 e. The molecule has 32 heavy (non-hydrogen) atoms. The molecule has 0 saturated carbocycles. The first kappa shape index (κ1) is 22.1. The third kappa shape index (κ3) is 4.27. The van der Waals surface area contributed by atoms with Crippen LogP contribution in [-0.4, -0.2) is 34.0 Å². The molecule has 6 nitrogen and oxygen atoms in total. The van der Waals surface area contributed by atoms with Gasteiger partial charge in [-0.25, -0.2) is 0 Å². The van der Waals surface area contributed by atoms with E-state index in [4.69, 9.17) is 29.6 Å². The minimum absolute atomic E-state index is 0.137. The Balaban J connectivity index is 1.57. The highest BCUT2D eigenvalue weighted by Gasteiger charge is 2.38. The smallest absolute Gasteiger partial charge is 0.263 e. The van der Waals surface area contributed by atoms with Gasteiger partial charge in [0.1, 0.15) is 0 Å². The van der Waals surface area contributed by atoms with E-state index in [-0.39, 0.29) is 28.9 Å². The van der Waals surface area contributed by atoms with Crippen LogP contribution in [0.1, 0.15) is 38.3 Å². The molecule has 2 aromatic carbocycles. The van der Waals surface area contributed by atoms with E-state index in [1.165, 1.54) is 11.0 Å². The number of nitrogens with zero attached hydrogens (tertiary/aromatic N) is 1. The Morgan fingerprint density at radius 1 is 1.09 bits per heavy atom. The molecular formula is C24H20ClN3O3S. The van der Waals surface area contributed by atoms with Gasteiger partial charge in [-0.3, -0.25) is 19.3 Å². The zero-order chi connectivity index (χ0) is 22.8. The van der Waals surface area contributed by atoms with Crippen LogP contribution in [0.4, 0.5) is 5.69 Å². The molecule has 0 aromatic heterocycles. The number of carbonyl (C=O) groups excluding carboxylic acids is 3. The Kier molecular flexibility index (Phi) is 6.32. The second kappa shape index (κ2) is 9.16. The number of anilines is 1. The van der Waals surface area contributed by atoms with Crippen LogP contribution in [-0.2, 0) is 17.8 Å². The maximum Gasteiger partial charge on any atom is 0.263 e. The van der Waals surface area contributed by atoms with Crippen molar-refractivity contribution in [3.8, 4) is 0 Å². The highest BCUT2D eigenvalue weighted by atomic mass is 35.5. The van der Waals surface area contributed by atoms with Crippen molar-refractivity contribution in [3.63, 3.8) is 0 Å². The van der Waals surface area contributed by atoms with Crippen LogP contribution in [0.5, 0.6) is 0 Å². The van der Waals surface area contributed by atoms with Gasteiger partial charge in [0.05, 0.1) is 28.9 Å². The number of imide groups is 1. The van der Waals surface area contributed by atoms with Crippen molar-refractivity contribution in [1.82, 2.24) is 4.90 Å². The lowest BCUT2D eigenvalue weighted by molar-refractivity contribution is -0.112. The van der Waals surface area contributed by atoms with Crippen LogP contribution in [0.2, 0.25) is 0 Å². The van der Waals surface area contributed by atoms with Gasteiger partial charge >= 0.3 is 0 Å². The van der Waals surface area contributed by atoms with E-state index in [2.05, 4.69) is 5.32 Å². The third-order valence-electron chi connectivity index (χ3n) is 5.35. The van der Waals surface area contributed by atoms with E-state index in [9.17, 15) is 14.4 Å². The van der Waals surface area contributed by atoms with Gasteiger partial charge in [-0.05, 0) is 42.3 Å². The summed E-state index contributed by atoms with van der Waals surface area (Å²) < 4.78 is 0. The molecule has 0 radical (unpaired) electrons. The number of fused-ring (bicyclic) bond motifs is 1. The number of allylic oxidation sites excluding steroid dienone is 3. The van der Waals surface area contributed by atoms with E-state index in [1.807, 2.05) is 24.3 Å². The van der Waals surface area contributed by atoms with E-state index in [1.54, 1.807) is 24.3 Å². The van der Waals surface area contributed by atoms with Gasteiger partial charge in [0.15, 0.2) is 0 Å². The van der Waals surface area contributed by atoms with Crippen molar-refractivity contribution in [2.24, 2.45) is 5.73 Å². The lowest BCUT2D eigenvalue weighted by atomic mass is 10.0. The summed E-state index contributed by atoms with van der Waals surface area (Å²) >= 11 is 11.3. The van der Waals surface area contributed by atoms with Crippen molar-refractivity contribution in [2.45, 2.75) is 19.4 Å². The first-order valence-electron chi connectivity index (χ1n) is 10.1.